The van der Waals surface area contributed by atoms with Crippen molar-refractivity contribution in [2.24, 2.45) is 5.92 Å². The monoisotopic (exact) mass is 464 g/mol. The van der Waals surface area contributed by atoms with E-state index in [0.29, 0.717) is 35.4 Å². The number of hydrogen-bond acceptors (Lipinski definition) is 5. The van der Waals surface area contributed by atoms with Gasteiger partial charge in [0.05, 0.1) is 23.3 Å². The zero-order valence-electron chi connectivity index (χ0n) is 20.0. The van der Waals surface area contributed by atoms with Crippen LogP contribution < -0.4 is 5.32 Å². The number of anilines is 1. The molecule has 0 saturated heterocycles. The Morgan fingerprint density at radius 1 is 0.912 bits per heavy atom. The molecular weight excluding hydrogens is 432 g/mol. The Kier molecular flexibility index (Phi) is 8.57. The smallest absolute Gasteiger partial charge is 0.338 e. The molecule has 0 bridgehead atoms. The summed E-state index contributed by atoms with van der Waals surface area (Å²) in [5.41, 5.74) is 1.49. The van der Waals surface area contributed by atoms with Gasteiger partial charge in [0, 0.05) is 5.69 Å². The molecule has 3 rings (SSSR count). The van der Waals surface area contributed by atoms with Crippen LogP contribution in [0.5, 0.6) is 0 Å². The van der Waals surface area contributed by atoms with Gasteiger partial charge in [0.1, 0.15) is 6.04 Å². The summed E-state index contributed by atoms with van der Waals surface area (Å²) in [5, 5.41) is 2.79. The maximum Gasteiger partial charge on any atom is 0.338 e. The molecule has 34 heavy (non-hydrogen) atoms. The lowest BCUT2D eigenvalue weighted by atomic mass is 10.0. The molecule has 7 nitrogen and oxygen atoms in total. The molecule has 0 radical (unpaired) electrons. The van der Waals surface area contributed by atoms with E-state index in [1.807, 2.05) is 13.8 Å². The fraction of sp³-hybridized carbons (Fsp3) is 0.407. The first-order valence-corrected chi connectivity index (χ1v) is 11.9. The molecule has 0 aromatic heterocycles. The maximum absolute atomic E-state index is 13.2. The molecule has 0 saturated carbocycles. The van der Waals surface area contributed by atoms with Crippen LogP contribution in [0.3, 0.4) is 0 Å². The summed E-state index contributed by atoms with van der Waals surface area (Å²) < 4.78 is 5.29. The van der Waals surface area contributed by atoms with Crippen LogP contribution in [0.2, 0.25) is 0 Å². The van der Waals surface area contributed by atoms with E-state index < -0.39 is 29.7 Å². The quantitative estimate of drug-likeness (QED) is 0.285. The van der Waals surface area contributed by atoms with Gasteiger partial charge in [0.15, 0.2) is 0 Å². The van der Waals surface area contributed by atoms with Gasteiger partial charge in [-0.05, 0) is 55.2 Å². The van der Waals surface area contributed by atoms with Crippen molar-refractivity contribution in [3.63, 3.8) is 0 Å². The summed E-state index contributed by atoms with van der Waals surface area (Å²) in [6.07, 6.45) is 4.43. The van der Waals surface area contributed by atoms with Crippen LogP contribution in [0.4, 0.5) is 5.69 Å². The van der Waals surface area contributed by atoms with Crippen LogP contribution >= 0.6 is 0 Å². The number of hydrogen-bond donors (Lipinski definition) is 1. The average molecular weight is 465 g/mol. The minimum absolute atomic E-state index is 0.0783. The molecule has 7 heteroatoms. The van der Waals surface area contributed by atoms with Gasteiger partial charge in [0.2, 0.25) is 5.91 Å². The molecule has 1 aliphatic rings. The number of rotatable bonds is 11. The highest BCUT2D eigenvalue weighted by Crippen LogP contribution is 2.27. The number of nitrogens with zero attached hydrogens (tertiary/aromatic N) is 1. The number of carbonyl (C=O) groups excluding carboxylic acids is 4. The molecule has 0 spiro atoms. The van der Waals surface area contributed by atoms with E-state index in [2.05, 4.69) is 12.2 Å². The largest absolute Gasteiger partial charge is 0.462 e. The Labute approximate surface area is 200 Å². The molecular formula is C27H32N2O5. The Hall–Kier alpha value is -3.48. The lowest BCUT2D eigenvalue weighted by Crippen LogP contribution is -2.47. The number of ether oxygens (including phenoxy) is 1. The van der Waals surface area contributed by atoms with Gasteiger partial charge in [-0.25, -0.2) is 4.79 Å². The topological polar surface area (TPSA) is 92.8 Å². The lowest BCUT2D eigenvalue weighted by Gasteiger charge is -2.26. The van der Waals surface area contributed by atoms with E-state index in [-0.39, 0.29) is 5.92 Å². The second-order valence-corrected chi connectivity index (χ2v) is 8.93. The van der Waals surface area contributed by atoms with Gasteiger partial charge in [-0.15, -0.1) is 0 Å². The maximum atomic E-state index is 13.2. The number of unbranched alkanes of at least 4 members (excludes halogenated alkanes) is 3. The molecule has 3 amide bonds. The van der Waals surface area contributed by atoms with E-state index in [0.717, 1.165) is 30.6 Å². The highest BCUT2D eigenvalue weighted by atomic mass is 16.5. The Balaban J connectivity index is 1.67. The summed E-state index contributed by atoms with van der Waals surface area (Å²) in [4.78, 5) is 52.3. The number of imide groups is 1. The highest BCUT2D eigenvalue weighted by molar-refractivity contribution is 6.23. The molecule has 0 fully saturated rings. The van der Waals surface area contributed by atoms with Crippen molar-refractivity contribution in [2.75, 3.05) is 11.9 Å². The molecule has 2 aromatic carbocycles. The van der Waals surface area contributed by atoms with Crippen molar-refractivity contribution in [3.8, 4) is 0 Å². The minimum Gasteiger partial charge on any atom is -0.462 e. The molecule has 0 aliphatic carbocycles. The molecule has 1 aliphatic heterocycles. The number of carbonyl (C=O) groups is 4. The standard InChI is InChI=1S/C27H32N2O5/c1-4-5-6-9-16-34-27(33)19-12-14-20(15-13-19)28-24(30)23(17-18(2)3)29-25(31)21-10-7-8-11-22(21)26(29)32/h7-8,10-15,18,23H,4-6,9,16-17H2,1-3H3,(H,28,30). The van der Waals surface area contributed by atoms with Crippen molar-refractivity contribution < 1.29 is 23.9 Å². The van der Waals surface area contributed by atoms with Crippen LogP contribution in [0, 0.1) is 5.92 Å². The predicted octanol–water partition coefficient (Wildman–Crippen LogP) is 5.07. The molecule has 2 aromatic rings. The normalized spacial score (nSPS) is 13.7. The predicted molar refractivity (Wildman–Crippen MR) is 130 cm³/mol. The van der Waals surface area contributed by atoms with Gasteiger partial charge in [-0.3, -0.25) is 19.3 Å². The van der Waals surface area contributed by atoms with Gasteiger partial charge < -0.3 is 10.1 Å². The van der Waals surface area contributed by atoms with E-state index in [1.165, 1.54) is 0 Å². The summed E-state index contributed by atoms with van der Waals surface area (Å²) in [5.74, 6) is -1.70. The number of esters is 1. The van der Waals surface area contributed by atoms with E-state index in [1.54, 1.807) is 48.5 Å². The lowest BCUT2D eigenvalue weighted by molar-refractivity contribution is -0.120. The Morgan fingerprint density at radius 2 is 1.53 bits per heavy atom. The summed E-state index contributed by atoms with van der Waals surface area (Å²) in [7, 11) is 0. The van der Waals surface area contributed by atoms with Crippen LogP contribution in [0.15, 0.2) is 48.5 Å². The second kappa shape index (κ2) is 11.6. The average Bonchev–Trinajstić information content (AvgIpc) is 3.07. The molecule has 1 atom stereocenters. The fourth-order valence-electron chi connectivity index (χ4n) is 3.96. The summed E-state index contributed by atoms with van der Waals surface area (Å²) >= 11 is 0. The molecule has 1 heterocycles. The zero-order chi connectivity index (χ0) is 24.7. The van der Waals surface area contributed by atoms with Gasteiger partial charge in [-0.1, -0.05) is 52.2 Å². The molecule has 180 valence electrons. The molecule has 1 N–H and O–H groups in total. The third kappa shape index (κ3) is 5.90. The zero-order valence-corrected chi connectivity index (χ0v) is 20.0. The van der Waals surface area contributed by atoms with Crippen LogP contribution in [-0.4, -0.2) is 41.2 Å². The van der Waals surface area contributed by atoms with Crippen LogP contribution in [0.25, 0.3) is 0 Å². The van der Waals surface area contributed by atoms with Crippen LogP contribution in [0.1, 0.15) is 83.9 Å². The molecule has 1 unspecified atom stereocenters. The SMILES string of the molecule is CCCCCCOC(=O)c1ccc(NC(=O)C(CC(C)C)N2C(=O)c3ccccc3C2=O)cc1. The highest BCUT2D eigenvalue weighted by Gasteiger charge is 2.42. The van der Waals surface area contributed by atoms with Crippen molar-refractivity contribution >= 4 is 29.4 Å². The van der Waals surface area contributed by atoms with E-state index >= 15 is 0 Å². The first-order chi connectivity index (χ1) is 16.3. The van der Waals surface area contributed by atoms with Crippen molar-refractivity contribution in [3.05, 3.63) is 65.2 Å². The van der Waals surface area contributed by atoms with Crippen molar-refractivity contribution in [1.82, 2.24) is 4.90 Å². The fourth-order valence-corrected chi connectivity index (χ4v) is 3.96. The van der Waals surface area contributed by atoms with Crippen molar-refractivity contribution in [1.29, 1.82) is 0 Å². The first kappa shape index (κ1) is 25.1. The van der Waals surface area contributed by atoms with E-state index in [9.17, 15) is 19.2 Å². The summed E-state index contributed by atoms with van der Waals surface area (Å²) in [6, 6.07) is 12.0. The third-order valence-electron chi connectivity index (χ3n) is 5.75. The minimum atomic E-state index is -0.944. The van der Waals surface area contributed by atoms with E-state index in [4.69, 9.17) is 4.74 Å². The van der Waals surface area contributed by atoms with Gasteiger partial charge in [0.25, 0.3) is 11.8 Å². The Morgan fingerprint density at radius 3 is 2.09 bits per heavy atom. The number of amides is 3. The van der Waals surface area contributed by atoms with Gasteiger partial charge in [-0.2, -0.15) is 0 Å². The number of benzene rings is 2. The van der Waals surface area contributed by atoms with Crippen molar-refractivity contribution in [2.45, 2.75) is 58.9 Å². The van der Waals surface area contributed by atoms with Gasteiger partial charge >= 0.3 is 5.97 Å². The first-order valence-electron chi connectivity index (χ1n) is 11.9. The Bertz CT molecular complexity index is 1010. The third-order valence-corrected chi connectivity index (χ3v) is 5.75. The summed E-state index contributed by atoms with van der Waals surface area (Å²) in [6.45, 7) is 6.37. The number of nitrogens with one attached hydrogen (secondary N) is 1. The number of fused-ring (bicyclic) bond motifs is 1. The second-order valence-electron chi connectivity index (χ2n) is 8.93. The van der Waals surface area contributed by atoms with Crippen LogP contribution in [-0.2, 0) is 9.53 Å².